The van der Waals surface area contributed by atoms with Gasteiger partial charge in [0.1, 0.15) is 18.0 Å². The normalized spacial score (nSPS) is 10.8. The second-order valence-corrected chi connectivity index (χ2v) is 8.48. The van der Waals surface area contributed by atoms with E-state index in [9.17, 15) is 14.7 Å². The van der Waals surface area contributed by atoms with Crippen molar-refractivity contribution in [2.45, 2.75) is 39.5 Å². The van der Waals surface area contributed by atoms with Crippen molar-refractivity contribution < 1.29 is 24.5 Å². The van der Waals surface area contributed by atoms with Gasteiger partial charge in [0.15, 0.2) is 5.75 Å². The molecule has 0 atom stereocenters. The summed E-state index contributed by atoms with van der Waals surface area (Å²) in [5, 5.41) is 21.2. The first kappa shape index (κ1) is 23.2. The van der Waals surface area contributed by atoms with Crippen LogP contribution < -0.4 is 10.1 Å². The molecular weight excluding hydrogens is 506 g/mol. The molecule has 0 saturated carbocycles. The first-order chi connectivity index (χ1) is 13.6. The third-order valence-electron chi connectivity index (χ3n) is 4.26. The number of aliphatic carboxylic acids is 1. The van der Waals surface area contributed by atoms with E-state index in [2.05, 4.69) is 37.2 Å². The number of nitrogens with one attached hydrogen (secondary N) is 1. The minimum Gasteiger partial charge on any atom is -0.508 e. The van der Waals surface area contributed by atoms with Gasteiger partial charge in [0.2, 0.25) is 0 Å². The second-order valence-electron chi connectivity index (χ2n) is 6.83. The molecule has 0 unspecified atom stereocenters. The van der Waals surface area contributed by atoms with Crippen molar-refractivity contribution in [3.05, 3.63) is 49.9 Å². The van der Waals surface area contributed by atoms with Crippen LogP contribution in [-0.4, -0.2) is 28.6 Å². The van der Waals surface area contributed by atoms with Crippen LogP contribution in [0.15, 0.2) is 33.2 Å². The summed E-state index contributed by atoms with van der Waals surface area (Å²) < 4.78 is 7.24. The monoisotopic (exact) mass is 527 g/mol. The first-order valence-electron chi connectivity index (χ1n) is 9.17. The summed E-state index contributed by atoms with van der Waals surface area (Å²) in [5.74, 6) is -0.177. The van der Waals surface area contributed by atoms with Crippen molar-refractivity contribution >= 4 is 43.7 Å². The van der Waals surface area contributed by atoms with E-state index in [-0.39, 0.29) is 11.7 Å². The van der Waals surface area contributed by atoms with E-state index in [1.165, 1.54) is 0 Å². The average molecular weight is 529 g/mol. The van der Waals surface area contributed by atoms with Gasteiger partial charge in [-0.25, -0.2) is 0 Å². The van der Waals surface area contributed by atoms with Crippen molar-refractivity contribution in [2.75, 3.05) is 6.54 Å². The van der Waals surface area contributed by atoms with Gasteiger partial charge in [-0.05, 0) is 74.0 Å². The van der Waals surface area contributed by atoms with Crippen LogP contribution in [0, 0.1) is 0 Å². The fourth-order valence-electron chi connectivity index (χ4n) is 2.86. The summed E-state index contributed by atoms with van der Waals surface area (Å²) >= 11 is 7.00. The number of phenolic OH excluding ortho intramolecular Hbond substituents is 1. The number of amides is 1. The molecule has 0 radical (unpaired) electrons. The lowest BCUT2D eigenvalue weighted by Crippen LogP contribution is -2.30. The van der Waals surface area contributed by atoms with Crippen LogP contribution in [0.5, 0.6) is 17.2 Å². The zero-order chi connectivity index (χ0) is 21.7. The molecule has 0 aliphatic carbocycles. The Bertz CT molecular complexity index is 928. The van der Waals surface area contributed by atoms with Crippen LogP contribution in [0.2, 0.25) is 0 Å². The van der Waals surface area contributed by atoms with Gasteiger partial charge in [-0.2, -0.15) is 0 Å². The Hall–Kier alpha value is -2.06. The molecule has 8 heteroatoms. The smallest absolute Gasteiger partial charge is 0.322 e. The number of phenols is 1. The molecular formula is C21H23Br2NO5. The number of benzene rings is 2. The van der Waals surface area contributed by atoms with Crippen LogP contribution in [0.1, 0.15) is 54.6 Å². The highest BCUT2D eigenvalue weighted by molar-refractivity contribution is 9.11. The van der Waals surface area contributed by atoms with Crippen LogP contribution >= 0.6 is 31.9 Å². The fraction of sp³-hybridized carbons (Fsp3) is 0.333. The van der Waals surface area contributed by atoms with Crippen molar-refractivity contribution in [2.24, 2.45) is 0 Å². The van der Waals surface area contributed by atoms with E-state index in [0.717, 1.165) is 17.5 Å². The summed E-state index contributed by atoms with van der Waals surface area (Å²) in [4.78, 5) is 23.3. The van der Waals surface area contributed by atoms with E-state index in [1.54, 1.807) is 24.3 Å². The minimum absolute atomic E-state index is 0.126. The quantitative estimate of drug-likeness (QED) is 0.414. The summed E-state index contributed by atoms with van der Waals surface area (Å²) in [6.45, 7) is 5.50. The van der Waals surface area contributed by atoms with Crippen molar-refractivity contribution in [3.8, 4) is 17.2 Å². The van der Waals surface area contributed by atoms with E-state index in [0.29, 0.717) is 32.4 Å². The second kappa shape index (κ2) is 10.1. The molecule has 0 saturated heterocycles. The molecule has 0 bridgehead atoms. The number of hydrogen-bond acceptors (Lipinski definition) is 4. The average Bonchev–Trinajstić information content (AvgIpc) is 2.66. The lowest BCUT2D eigenvalue weighted by Gasteiger charge is -2.18. The molecule has 156 valence electrons. The Labute approximate surface area is 186 Å². The van der Waals surface area contributed by atoms with Gasteiger partial charge in [-0.1, -0.05) is 27.2 Å². The Balaban J connectivity index is 2.46. The Kier molecular flexibility index (Phi) is 8.10. The number of halogens is 2. The number of ether oxygens (including phenoxy) is 1. The van der Waals surface area contributed by atoms with E-state index < -0.39 is 18.4 Å². The third kappa shape index (κ3) is 5.73. The minimum atomic E-state index is -1.11. The molecule has 1 amide bonds. The van der Waals surface area contributed by atoms with Gasteiger partial charge < -0.3 is 20.3 Å². The summed E-state index contributed by atoms with van der Waals surface area (Å²) in [6.07, 6.45) is 1.39. The van der Waals surface area contributed by atoms with Crippen LogP contribution in [0.25, 0.3) is 0 Å². The lowest BCUT2D eigenvalue weighted by molar-refractivity contribution is -0.135. The molecule has 29 heavy (non-hydrogen) atoms. The van der Waals surface area contributed by atoms with Gasteiger partial charge in [-0.15, -0.1) is 0 Å². The number of hydrogen-bond donors (Lipinski definition) is 3. The molecule has 0 spiro atoms. The third-order valence-corrected chi connectivity index (χ3v) is 5.69. The number of carboxylic acid groups (broad SMARTS) is 1. The number of carbonyl (C=O) groups excluding carboxylic acids is 1. The van der Waals surface area contributed by atoms with Crippen LogP contribution in [-0.2, 0) is 11.2 Å². The largest absolute Gasteiger partial charge is 0.508 e. The van der Waals surface area contributed by atoms with Gasteiger partial charge in [-0.3, -0.25) is 9.59 Å². The fourth-order valence-corrected chi connectivity index (χ4v) is 4.34. The summed E-state index contributed by atoms with van der Waals surface area (Å²) in [7, 11) is 0. The Morgan fingerprint density at radius 1 is 1.21 bits per heavy atom. The molecule has 0 fully saturated rings. The lowest BCUT2D eigenvalue weighted by atomic mass is 10.0. The van der Waals surface area contributed by atoms with Gasteiger partial charge in [0.25, 0.3) is 5.91 Å². The van der Waals surface area contributed by atoms with Crippen LogP contribution in [0.4, 0.5) is 0 Å². The van der Waals surface area contributed by atoms with E-state index in [1.807, 2.05) is 20.8 Å². The zero-order valence-corrected chi connectivity index (χ0v) is 19.6. The first-order valence-corrected chi connectivity index (χ1v) is 10.8. The van der Waals surface area contributed by atoms with Crippen LogP contribution in [0.3, 0.4) is 0 Å². The van der Waals surface area contributed by atoms with Gasteiger partial charge in [0.05, 0.1) is 8.95 Å². The maximum absolute atomic E-state index is 12.5. The number of carbonyl (C=O) groups is 2. The van der Waals surface area contributed by atoms with Gasteiger partial charge >= 0.3 is 5.97 Å². The van der Waals surface area contributed by atoms with Gasteiger partial charge in [0, 0.05) is 11.1 Å². The number of rotatable bonds is 8. The van der Waals surface area contributed by atoms with Crippen molar-refractivity contribution in [1.82, 2.24) is 5.32 Å². The molecule has 0 aliphatic rings. The molecule has 6 nitrogen and oxygen atoms in total. The highest BCUT2D eigenvalue weighted by Gasteiger charge is 2.21. The standard InChI is InChI=1S/C21H23Br2NO5/c1-4-5-13-15(21(28)24-10-18(26)27)9-16(22)20(19(13)23)29-12-6-7-17(25)14(8-12)11(2)3/h6-9,11,25H,4-5,10H2,1-3H3,(H,24,28)(H,26,27). The molecule has 0 aromatic heterocycles. The Morgan fingerprint density at radius 2 is 1.90 bits per heavy atom. The Morgan fingerprint density at radius 3 is 2.48 bits per heavy atom. The SMILES string of the molecule is CCCc1c(C(=O)NCC(=O)O)cc(Br)c(Oc2ccc(O)c(C(C)C)c2)c1Br. The topological polar surface area (TPSA) is 95.9 Å². The molecule has 0 aliphatic heterocycles. The van der Waals surface area contributed by atoms with E-state index >= 15 is 0 Å². The maximum Gasteiger partial charge on any atom is 0.322 e. The maximum atomic E-state index is 12.5. The molecule has 2 aromatic carbocycles. The van der Waals surface area contributed by atoms with E-state index in [4.69, 9.17) is 9.84 Å². The predicted octanol–water partition coefficient (Wildman–Crippen LogP) is 5.60. The molecule has 2 rings (SSSR count). The predicted molar refractivity (Wildman–Crippen MR) is 118 cm³/mol. The summed E-state index contributed by atoms with van der Waals surface area (Å²) in [6, 6.07) is 6.68. The molecule has 3 N–H and O–H groups in total. The number of aromatic hydroxyl groups is 1. The van der Waals surface area contributed by atoms with Crippen molar-refractivity contribution in [1.29, 1.82) is 0 Å². The highest BCUT2D eigenvalue weighted by Crippen LogP contribution is 2.42. The molecule has 2 aromatic rings. The highest BCUT2D eigenvalue weighted by atomic mass is 79.9. The molecule has 0 heterocycles. The summed E-state index contributed by atoms with van der Waals surface area (Å²) in [5.41, 5.74) is 1.89. The van der Waals surface area contributed by atoms with Crippen molar-refractivity contribution in [3.63, 3.8) is 0 Å². The zero-order valence-electron chi connectivity index (χ0n) is 16.4. The number of carboxylic acids is 1.